The van der Waals surface area contributed by atoms with E-state index in [2.05, 4.69) is 15.3 Å². The number of benzene rings is 1. The molecule has 1 aliphatic heterocycles. The lowest BCUT2D eigenvalue weighted by atomic mass is 10.1. The van der Waals surface area contributed by atoms with Gasteiger partial charge in [-0.2, -0.15) is 0 Å². The van der Waals surface area contributed by atoms with Gasteiger partial charge in [-0.3, -0.25) is 10.1 Å². The Balaban J connectivity index is 1.45. The van der Waals surface area contributed by atoms with Crippen LogP contribution in [0.4, 0.5) is 5.13 Å². The van der Waals surface area contributed by atoms with Crippen LogP contribution in [0.2, 0.25) is 0 Å². The van der Waals surface area contributed by atoms with Crippen molar-refractivity contribution in [2.24, 2.45) is 0 Å². The fraction of sp³-hybridized carbons (Fsp3) is 0.125. The Labute approximate surface area is 131 Å². The van der Waals surface area contributed by atoms with Gasteiger partial charge in [0.25, 0.3) is 5.91 Å². The van der Waals surface area contributed by atoms with Crippen molar-refractivity contribution in [3.63, 3.8) is 0 Å². The Bertz CT molecular complexity index is 785. The highest BCUT2D eigenvalue weighted by atomic mass is 32.1. The molecule has 0 aliphatic carbocycles. The van der Waals surface area contributed by atoms with Crippen LogP contribution in [0.15, 0.2) is 48.0 Å². The number of nitrogens with zero attached hydrogens (tertiary/aromatic N) is 1. The molecule has 1 atom stereocenters. The number of nitrogens with one attached hydrogen (secondary N) is 2. The van der Waals surface area contributed by atoms with E-state index >= 15 is 0 Å². The Morgan fingerprint density at radius 3 is 3.05 bits per heavy atom. The van der Waals surface area contributed by atoms with Crippen LogP contribution in [-0.4, -0.2) is 22.0 Å². The second-order valence-electron chi connectivity index (χ2n) is 5.03. The molecule has 2 N–H and O–H groups in total. The van der Waals surface area contributed by atoms with E-state index in [4.69, 9.17) is 4.74 Å². The molecule has 110 valence electrons. The summed E-state index contributed by atoms with van der Waals surface area (Å²) in [4.78, 5) is 19.8. The highest BCUT2D eigenvalue weighted by molar-refractivity contribution is 7.14. The molecule has 1 aliphatic rings. The monoisotopic (exact) mass is 311 g/mol. The molecule has 1 unspecified atom stereocenters. The Morgan fingerprint density at radius 2 is 2.23 bits per heavy atom. The van der Waals surface area contributed by atoms with Crippen molar-refractivity contribution in [3.05, 3.63) is 53.5 Å². The molecule has 3 aromatic rings. The third kappa shape index (κ3) is 2.37. The highest BCUT2D eigenvalue weighted by Crippen LogP contribution is 2.29. The number of hydrogen-bond acceptors (Lipinski definition) is 4. The van der Waals surface area contributed by atoms with Crippen molar-refractivity contribution < 1.29 is 9.53 Å². The molecule has 0 bridgehead atoms. The van der Waals surface area contributed by atoms with E-state index in [0.717, 1.165) is 22.7 Å². The maximum Gasteiger partial charge on any atom is 0.267 e. The number of aromatic nitrogens is 2. The lowest BCUT2D eigenvalue weighted by Crippen LogP contribution is -2.31. The van der Waals surface area contributed by atoms with Crippen LogP contribution in [0.5, 0.6) is 5.75 Å². The summed E-state index contributed by atoms with van der Waals surface area (Å²) in [6.07, 6.45) is 1.95. The summed E-state index contributed by atoms with van der Waals surface area (Å²) in [5, 5.41) is 5.32. The second-order valence-corrected chi connectivity index (χ2v) is 5.89. The van der Waals surface area contributed by atoms with Crippen LogP contribution in [0.1, 0.15) is 5.56 Å². The number of amides is 1. The first-order valence-corrected chi connectivity index (χ1v) is 7.82. The van der Waals surface area contributed by atoms with Gasteiger partial charge in [-0.25, -0.2) is 4.98 Å². The average Bonchev–Trinajstić information content (AvgIpc) is 3.26. The average molecular weight is 311 g/mol. The molecule has 1 aromatic carbocycles. The van der Waals surface area contributed by atoms with Crippen molar-refractivity contribution in [1.29, 1.82) is 0 Å². The first kappa shape index (κ1) is 13.1. The molecule has 3 heterocycles. The molecule has 0 radical (unpaired) electrons. The molecule has 0 saturated carbocycles. The van der Waals surface area contributed by atoms with Gasteiger partial charge < -0.3 is 9.72 Å². The summed E-state index contributed by atoms with van der Waals surface area (Å²) < 4.78 is 5.68. The standard InChI is InChI=1S/C16H13N3O2S/c20-15(14-8-10-4-1-2-6-13(10)21-14)19-16-18-12(9-22-16)11-5-3-7-17-11/h1-7,9,14,17H,8H2,(H,18,19,20). The zero-order valence-corrected chi connectivity index (χ0v) is 12.4. The van der Waals surface area contributed by atoms with E-state index in [0.29, 0.717) is 11.6 Å². The molecule has 0 spiro atoms. The van der Waals surface area contributed by atoms with Crippen molar-refractivity contribution in [1.82, 2.24) is 9.97 Å². The van der Waals surface area contributed by atoms with Gasteiger partial charge in [-0.1, -0.05) is 18.2 Å². The SMILES string of the molecule is O=C(Nc1nc(-c2ccc[nH]2)cs1)C1Cc2ccccc2O1. The quantitative estimate of drug-likeness (QED) is 0.781. The molecule has 1 amide bonds. The normalized spacial score (nSPS) is 16.1. The predicted octanol–water partition coefficient (Wildman–Crippen LogP) is 3.08. The fourth-order valence-corrected chi connectivity index (χ4v) is 3.17. The molecule has 0 saturated heterocycles. The topological polar surface area (TPSA) is 67.0 Å². The number of anilines is 1. The predicted molar refractivity (Wildman–Crippen MR) is 85.1 cm³/mol. The molecule has 5 nitrogen and oxygen atoms in total. The minimum Gasteiger partial charge on any atom is -0.480 e. The molecule has 2 aromatic heterocycles. The summed E-state index contributed by atoms with van der Waals surface area (Å²) in [6, 6.07) is 11.6. The first-order chi connectivity index (χ1) is 10.8. The number of carbonyl (C=O) groups is 1. The van der Waals surface area contributed by atoms with Crippen LogP contribution < -0.4 is 10.1 Å². The van der Waals surface area contributed by atoms with Crippen molar-refractivity contribution in [2.45, 2.75) is 12.5 Å². The molecule has 22 heavy (non-hydrogen) atoms. The molecule has 0 fully saturated rings. The summed E-state index contributed by atoms with van der Waals surface area (Å²) in [7, 11) is 0. The van der Waals surface area contributed by atoms with Gasteiger partial charge in [0, 0.05) is 18.0 Å². The zero-order chi connectivity index (χ0) is 14.9. The van der Waals surface area contributed by atoms with Crippen molar-refractivity contribution in [2.75, 3.05) is 5.32 Å². The van der Waals surface area contributed by atoms with Gasteiger partial charge in [-0.05, 0) is 23.8 Å². The first-order valence-electron chi connectivity index (χ1n) is 6.94. The second kappa shape index (κ2) is 5.31. The summed E-state index contributed by atoms with van der Waals surface area (Å²) >= 11 is 1.40. The Hall–Kier alpha value is -2.60. The maximum atomic E-state index is 12.3. The van der Waals surface area contributed by atoms with E-state index < -0.39 is 6.10 Å². The maximum absolute atomic E-state index is 12.3. The Kier molecular flexibility index (Phi) is 3.16. The minimum atomic E-state index is -0.491. The molecule has 6 heteroatoms. The number of rotatable bonds is 3. The molecular weight excluding hydrogens is 298 g/mol. The van der Waals surface area contributed by atoms with Crippen molar-refractivity contribution >= 4 is 22.4 Å². The number of aromatic amines is 1. The van der Waals surface area contributed by atoms with Crippen molar-refractivity contribution in [3.8, 4) is 17.1 Å². The summed E-state index contributed by atoms with van der Waals surface area (Å²) in [5.74, 6) is 0.623. The van der Waals surface area contributed by atoms with E-state index in [-0.39, 0.29) is 5.91 Å². The van der Waals surface area contributed by atoms with Gasteiger partial charge in [0.2, 0.25) is 0 Å². The van der Waals surface area contributed by atoms with E-state index in [1.807, 2.05) is 48.0 Å². The smallest absolute Gasteiger partial charge is 0.267 e. The van der Waals surface area contributed by atoms with E-state index in [9.17, 15) is 4.79 Å². The number of carbonyl (C=O) groups excluding carboxylic acids is 1. The summed E-state index contributed by atoms with van der Waals surface area (Å²) in [5.41, 5.74) is 2.82. The summed E-state index contributed by atoms with van der Waals surface area (Å²) in [6.45, 7) is 0. The largest absolute Gasteiger partial charge is 0.480 e. The number of fused-ring (bicyclic) bond motifs is 1. The van der Waals surface area contributed by atoms with Gasteiger partial charge in [0.15, 0.2) is 11.2 Å². The Morgan fingerprint density at radius 1 is 1.32 bits per heavy atom. The third-order valence-corrected chi connectivity index (χ3v) is 4.31. The number of thiazole rings is 1. The van der Waals surface area contributed by atoms with Gasteiger partial charge >= 0.3 is 0 Å². The van der Waals surface area contributed by atoms with Crippen LogP contribution in [0, 0.1) is 0 Å². The van der Waals surface area contributed by atoms with Gasteiger partial charge in [0.1, 0.15) is 5.75 Å². The highest BCUT2D eigenvalue weighted by Gasteiger charge is 2.29. The lowest BCUT2D eigenvalue weighted by Gasteiger charge is -2.09. The lowest BCUT2D eigenvalue weighted by molar-refractivity contribution is -0.122. The van der Waals surface area contributed by atoms with Gasteiger partial charge in [-0.15, -0.1) is 11.3 Å². The van der Waals surface area contributed by atoms with Crippen LogP contribution in [0.3, 0.4) is 0 Å². The molecular formula is C16H13N3O2S. The fourth-order valence-electron chi connectivity index (χ4n) is 2.46. The van der Waals surface area contributed by atoms with E-state index in [1.54, 1.807) is 0 Å². The van der Waals surface area contributed by atoms with Crippen LogP contribution >= 0.6 is 11.3 Å². The van der Waals surface area contributed by atoms with Crippen LogP contribution in [0.25, 0.3) is 11.4 Å². The number of H-pyrrole nitrogens is 1. The van der Waals surface area contributed by atoms with Crippen LogP contribution in [-0.2, 0) is 11.2 Å². The number of hydrogen-bond donors (Lipinski definition) is 2. The minimum absolute atomic E-state index is 0.163. The van der Waals surface area contributed by atoms with E-state index in [1.165, 1.54) is 11.3 Å². The van der Waals surface area contributed by atoms with Gasteiger partial charge in [0.05, 0.1) is 11.4 Å². The zero-order valence-electron chi connectivity index (χ0n) is 11.6. The number of ether oxygens (including phenoxy) is 1. The number of para-hydroxylation sites is 1. The molecule has 4 rings (SSSR count). The third-order valence-electron chi connectivity index (χ3n) is 3.55.